The lowest BCUT2D eigenvalue weighted by Crippen LogP contribution is -2.24. The fourth-order valence-corrected chi connectivity index (χ4v) is 4.28. The summed E-state index contributed by atoms with van der Waals surface area (Å²) in [6, 6.07) is 14.7. The maximum atomic E-state index is 8.80. The zero-order valence-electron chi connectivity index (χ0n) is 17.8. The van der Waals surface area contributed by atoms with E-state index in [1.165, 1.54) is 11.3 Å². The number of halogens is 1. The third-order valence-electron chi connectivity index (χ3n) is 4.75. The molecule has 0 radical (unpaired) electrons. The molecule has 1 aromatic heterocycles. The van der Waals surface area contributed by atoms with Gasteiger partial charge in [-0.25, -0.2) is 4.98 Å². The van der Waals surface area contributed by atoms with Crippen LogP contribution in [0.3, 0.4) is 0 Å². The van der Waals surface area contributed by atoms with E-state index in [-0.39, 0.29) is 5.84 Å². The van der Waals surface area contributed by atoms with Crippen LogP contribution in [0.25, 0.3) is 11.3 Å². The smallest absolute Gasteiger partial charge is 0.241 e. The van der Waals surface area contributed by atoms with Crippen LogP contribution in [0, 0.1) is 0 Å². The molecule has 0 saturated heterocycles. The van der Waals surface area contributed by atoms with Crippen LogP contribution in [-0.4, -0.2) is 28.2 Å². The molecule has 1 atom stereocenters. The van der Waals surface area contributed by atoms with E-state index >= 15 is 0 Å². The number of nitrogens with two attached hydrogens (primary N) is 2. The van der Waals surface area contributed by atoms with Crippen LogP contribution in [0.2, 0.25) is 0 Å². The van der Waals surface area contributed by atoms with Crippen LogP contribution in [0.5, 0.6) is 11.5 Å². The number of benzene rings is 2. The molecule has 9 heteroatoms. The number of anilines is 1. The molecule has 3 rings (SSSR count). The van der Waals surface area contributed by atoms with Gasteiger partial charge in [0.25, 0.3) is 0 Å². The molecule has 0 spiro atoms. The molecule has 2 aromatic carbocycles. The van der Waals surface area contributed by atoms with Crippen molar-refractivity contribution in [2.24, 2.45) is 10.9 Å². The number of hydrogen-bond donors (Lipinski definition) is 3. The van der Waals surface area contributed by atoms with Crippen LogP contribution < -0.4 is 20.9 Å². The van der Waals surface area contributed by atoms with Gasteiger partial charge in [-0.3, -0.25) is 0 Å². The predicted molar refractivity (Wildman–Crippen MR) is 130 cm³/mol. The van der Waals surface area contributed by atoms with Gasteiger partial charge in [0.05, 0.1) is 5.69 Å². The number of rotatable bonds is 11. The third kappa shape index (κ3) is 6.27. The van der Waals surface area contributed by atoms with Crippen molar-refractivity contribution < 1.29 is 14.7 Å². The van der Waals surface area contributed by atoms with Crippen molar-refractivity contribution in [1.29, 1.82) is 0 Å². The van der Waals surface area contributed by atoms with E-state index < -0.39 is 6.29 Å². The Kier molecular flexibility index (Phi) is 8.58. The summed E-state index contributed by atoms with van der Waals surface area (Å²) in [5, 5.41) is 12.3. The molecule has 0 fully saturated rings. The highest BCUT2D eigenvalue weighted by Crippen LogP contribution is 2.31. The van der Waals surface area contributed by atoms with E-state index in [2.05, 4.69) is 17.1 Å². The number of oxime groups is 1. The topological polar surface area (TPSA) is 116 Å². The largest absolute Gasteiger partial charge is 0.455 e. The summed E-state index contributed by atoms with van der Waals surface area (Å²) in [7, 11) is 0. The van der Waals surface area contributed by atoms with Gasteiger partial charge in [-0.1, -0.05) is 18.5 Å². The maximum absolute atomic E-state index is 8.80. The average molecular weight is 475 g/mol. The molecule has 0 aliphatic heterocycles. The Hall–Kier alpha value is -2.97. The van der Waals surface area contributed by atoms with E-state index in [0.29, 0.717) is 28.1 Å². The third-order valence-corrected chi connectivity index (χ3v) is 5.88. The second-order valence-corrected chi connectivity index (χ2v) is 8.60. The molecular formula is C23H27ClN4O3S. The van der Waals surface area contributed by atoms with Crippen LogP contribution in [0.4, 0.5) is 5.13 Å². The molecule has 5 N–H and O–H groups in total. The van der Waals surface area contributed by atoms with Crippen molar-refractivity contribution in [3.8, 4) is 22.8 Å². The summed E-state index contributed by atoms with van der Waals surface area (Å²) >= 11 is 7.37. The van der Waals surface area contributed by atoms with Gasteiger partial charge in [0.1, 0.15) is 11.5 Å². The number of amidine groups is 1. The number of aromatic nitrogens is 1. The standard InChI is InChI=1S/C23H27ClN4O3S/c1-2-3-4-20(31-18-11-7-16(8-12-18)22(25)28-29)30-17-9-5-15(6-10-17)21-19(13-14-24)32-23(26)27-21/h5-12,20,29H,2-4,13-14H2,1H3,(H2,25,28)(H2,26,27). The second kappa shape index (κ2) is 11.6. The Labute approximate surface area is 196 Å². The van der Waals surface area contributed by atoms with Gasteiger partial charge in [0.15, 0.2) is 11.0 Å². The Morgan fingerprint density at radius 1 is 1.12 bits per heavy atom. The Balaban J connectivity index is 1.71. The van der Waals surface area contributed by atoms with Crippen molar-refractivity contribution in [3.63, 3.8) is 0 Å². The van der Waals surface area contributed by atoms with E-state index in [0.717, 1.165) is 41.8 Å². The number of thiazole rings is 1. The highest BCUT2D eigenvalue weighted by atomic mass is 35.5. The molecule has 3 aromatic rings. The first-order valence-corrected chi connectivity index (χ1v) is 11.7. The van der Waals surface area contributed by atoms with E-state index in [1.54, 1.807) is 24.3 Å². The number of nitrogens with zero attached hydrogens (tertiary/aromatic N) is 2. The molecule has 1 unspecified atom stereocenters. The predicted octanol–water partition coefficient (Wildman–Crippen LogP) is 5.24. The molecule has 0 saturated carbocycles. The normalized spacial score (nSPS) is 12.5. The molecule has 0 bridgehead atoms. The molecule has 0 aliphatic carbocycles. The first-order chi connectivity index (χ1) is 15.5. The molecule has 170 valence electrons. The van der Waals surface area contributed by atoms with Gasteiger partial charge in [0, 0.05) is 28.3 Å². The first-order valence-electron chi connectivity index (χ1n) is 10.4. The summed E-state index contributed by atoms with van der Waals surface area (Å²) < 4.78 is 12.2. The van der Waals surface area contributed by atoms with Gasteiger partial charge < -0.3 is 26.1 Å². The number of alkyl halides is 1. The minimum atomic E-state index is -0.447. The van der Waals surface area contributed by atoms with E-state index in [4.69, 9.17) is 37.7 Å². The fraction of sp³-hybridized carbons (Fsp3) is 0.304. The molecule has 1 heterocycles. The van der Waals surface area contributed by atoms with Gasteiger partial charge in [-0.15, -0.1) is 22.9 Å². The summed E-state index contributed by atoms with van der Waals surface area (Å²) in [6.07, 6.45) is 3.01. The van der Waals surface area contributed by atoms with Crippen molar-refractivity contribution >= 4 is 33.9 Å². The highest BCUT2D eigenvalue weighted by Gasteiger charge is 2.15. The Morgan fingerprint density at radius 3 is 2.31 bits per heavy atom. The van der Waals surface area contributed by atoms with Gasteiger partial charge >= 0.3 is 0 Å². The fourth-order valence-electron chi connectivity index (χ4n) is 3.12. The number of aryl methyl sites for hydroxylation is 1. The van der Waals surface area contributed by atoms with Crippen LogP contribution in [0.1, 0.15) is 36.6 Å². The minimum Gasteiger partial charge on any atom is -0.455 e. The van der Waals surface area contributed by atoms with Crippen LogP contribution >= 0.6 is 22.9 Å². The van der Waals surface area contributed by atoms with Crippen molar-refractivity contribution in [1.82, 2.24) is 4.98 Å². The zero-order chi connectivity index (χ0) is 22.9. The van der Waals surface area contributed by atoms with Crippen molar-refractivity contribution in [2.75, 3.05) is 11.6 Å². The molecule has 0 aliphatic rings. The summed E-state index contributed by atoms with van der Waals surface area (Å²) in [4.78, 5) is 5.53. The highest BCUT2D eigenvalue weighted by molar-refractivity contribution is 7.15. The summed E-state index contributed by atoms with van der Waals surface area (Å²) in [5.41, 5.74) is 13.9. The summed E-state index contributed by atoms with van der Waals surface area (Å²) in [6.45, 7) is 2.12. The quantitative estimate of drug-likeness (QED) is 0.0873. The second-order valence-electron chi connectivity index (χ2n) is 7.10. The lowest BCUT2D eigenvalue weighted by molar-refractivity contribution is -0.00211. The minimum absolute atomic E-state index is 0.0477. The number of unbranched alkanes of at least 4 members (excludes halogenated alkanes) is 1. The molecule has 7 nitrogen and oxygen atoms in total. The number of ether oxygens (including phenoxy) is 2. The SMILES string of the molecule is CCCCC(Oc1ccc(C(N)=NO)cc1)Oc1ccc(-c2nc(N)sc2CCCl)cc1. The lowest BCUT2D eigenvalue weighted by atomic mass is 10.1. The van der Waals surface area contributed by atoms with Gasteiger partial charge in [-0.2, -0.15) is 0 Å². The lowest BCUT2D eigenvalue weighted by Gasteiger charge is -2.21. The van der Waals surface area contributed by atoms with Crippen LogP contribution in [0.15, 0.2) is 53.7 Å². The van der Waals surface area contributed by atoms with Crippen LogP contribution in [-0.2, 0) is 6.42 Å². The van der Waals surface area contributed by atoms with Gasteiger partial charge in [0.2, 0.25) is 6.29 Å². The van der Waals surface area contributed by atoms with E-state index in [9.17, 15) is 0 Å². The number of nitrogen functional groups attached to an aromatic ring is 1. The monoisotopic (exact) mass is 474 g/mol. The zero-order valence-corrected chi connectivity index (χ0v) is 19.4. The van der Waals surface area contributed by atoms with Crippen molar-refractivity contribution in [2.45, 2.75) is 38.9 Å². The molecular weight excluding hydrogens is 448 g/mol. The number of hydrogen-bond acceptors (Lipinski definition) is 7. The molecule has 32 heavy (non-hydrogen) atoms. The van der Waals surface area contributed by atoms with E-state index in [1.807, 2.05) is 24.3 Å². The Morgan fingerprint density at radius 2 is 1.75 bits per heavy atom. The summed E-state index contributed by atoms with van der Waals surface area (Å²) in [5.74, 6) is 1.91. The average Bonchev–Trinajstić information content (AvgIpc) is 3.18. The van der Waals surface area contributed by atoms with Gasteiger partial charge in [-0.05, 0) is 61.4 Å². The van der Waals surface area contributed by atoms with Crippen molar-refractivity contribution in [3.05, 3.63) is 59.0 Å². The maximum Gasteiger partial charge on any atom is 0.241 e. The molecule has 0 amide bonds. The first kappa shape index (κ1) is 23.7. The Bertz CT molecular complexity index is 1020.